The van der Waals surface area contributed by atoms with Gasteiger partial charge in [0.15, 0.2) is 5.78 Å². The number of hydrogen-bond acceptors (Lipinski definition) is 4. The van der Waals surface area contributed by atoms with E-state index in [1.54, 1.807) is 0 Å². The molecule has 2 aromatic heterocycles. The molecule has 0 bridgehead atoms. The van der Waals surface area contributed by atoms with Crippen LogP contribution in [0.15, 0.2) is 73.1 Å². The second-order valence-corrected chi connectivity index (χ2v) is 9.35. The molecule has 0 aliphatic carbocycles. The lowest BCUT2D eigenvalue weighted by molar-refractivity contribution is -0.00572. The molecule has 1 fully saturated rings. The molecular weight excluding hydrogens is 426 g/mol. The monoisotopic (exact) mass is 451 g/mol. The van der Waals surface area contributed by atoms with Crippen molar-refractivity contribution >= 4 is 17.3 Å². The van der Waals surface area contributed by atoms with Gasteiger partial charge in [-0.1, -0.05) is 42.0 Å². The Bertz CT molecular complexity index is 1420. The average Bonchev–Trinajstić information content (AvgIpc) is 3.29. The summed E-state index contributed by atoms with van der Waals surface area (Å²) in [5.74, 6) is 0.782. The van der Waals surface area contributed by atoms with Gasteiger partial charge in [0.2, 0.25) is 0 Å². The molecule has 2 aliphatic rings. The third kappa shape index (κ3) is 3.55. The number of likely N-dealkylation sites (tertiary alicyclic amines) is 1. The number of ketones is 1. The number of ether oxygens (including phenoxy) is 1. The Kier molecular flexibility index (Phi) is 4.76. The quantitative estimate of drug-likeness (QED) is 0.433. The van der Waals surface area contributed by atoms with Gasteiger partial charge in [0.05, 0.1) is 17.7 Å². The van der Waals surface area contributed by atoms with Crippen LogP contribution in [0, 0.1) is 6.92 Å². The third-order valence-electron chi connectivity index (χ3n) is 6.98. The smallest absolute Gasteiger partial charge is 0.254 e. The molecule has 0 saturated carbocycles. The number of aromatic nitrogens is 2. The van der Waals surface area contributed by atoms with Crippen molar-refractivity contribution < 1.29 is 14.3 Å². The van der Waals surface area contributed by atoms with Crippen LogP contribution in [0.4, 0.5) is 0 Å². The summed E-state index contributed by atoms with van der Waals surface area (Å²) < 4.78 is 8.29. The van der Waals surface area contributed by atoms with E-state index < -0.39 is 5.60 Å². The predicted molar refractivity (Wildman–Crippen MR) is 129 cm³/mol. The Morgan fingerprint density at radius 3 is 2.62 bits per heavy atom. The zero-order valence-electron chi connectivity index (χ0n) is 19.0. The summed E-state index contributed by atoms with van der Waals surface area (Å²) >= 11 is 0. The van der Waals surface area contributed by atoms with Crippen LogP contribution in [-0.2, 0) is 0 Å². The molecule has 0 radical (unpaired) electrons. The summed E-state index contributed by atoms with van der Waals surface area (Å²) in [6.45, 7) is 3.09. The number of nitrogens with zero attached hydrogens (tertiary/aromatic N) is 3. The molecule has 1 saturated heterocycles. The largest absolute Gasteiger partial charge is 0.486 e. The summed E-state index contributed by atoms with van der Waals surface area (Å²) in [5.41, 5.74) is 4.48. The number of imidazole rings is 1. The molecule has 4 aromatic rings. The average molecular weight is 452 g/mol. The molecule has 4 heterocycles. The molecule has 6 heteroatoms. The van der Waals surface area contributed by atoms with E-state index in [0.717, 1.165) is 22.5 Å². The molecule has 1 spiro atoms. The van der Waals surface area contributed by atoms with Gasteiger partial charge in [-0.2, -0.15) is 0 Å². The highest BCUT2D eigenvalue weighted by Crippen LogP contribution is 2.39. The van der Waals surface area contributed by atoms with Crippen LogP contribution in [0.5, 0.6) is 5.75 Å². The van der Waals surface area contributed by atoms with Crippen molar-refractivity contribution in [2.24, 2.45) is 0 Å². The van der Waals surface area contributed by atoms with Gasteiger partial charge in [-0.15, -0.1) is 0 Å². The Hall–Kier alpha value is -3.93. The number of carbonyl (C=O) groups excluding carboxylic acids is 2. The maximum atomic E-state index is 13.3. The maximum absolute atomic E-state index is 13.3. The molecule has 34 heavy (non-hydrogen) atoms. The van der Waals surface area contributed by atoms with Crippen LogP contribution < -0.4 is 4.74 Å². The normalized spacial score (nSPS) is 17.0. The fourth-order valence-electron chi connectivity index (χ4n) is 5.05. The first-order valence-electron chi connectivity index (χ1n) is 11.7. The van der Waals surface area contributed by atoms with Crippen molar-refractivity contribution in [1.82, 2.24) is 14.3 Å². The third-order valence-corrected chi connectivity index (χ3v) is 6.98. The molecule has 170 valence electrons. The SMILES string of the molecule is Cc1ccc2c(c1)C(=O)CC1(CCN(C(=O)c3ccn4cc(-c5ccccc5)nc4c3)CC1)O2. The van der Waals surface area contributed by atoms with E-state index in [9.17, 15) is 9.59 Å². The number of Topliss-reactive ketones (excluding diaryl/α,β-unsaturated/α-hetero) is 1. The number of amides is 1. The number of hydrogen-bond donors (Lipinski definition) is 0. The molecule has 2 aliphatic heterocycles. The Balaban J connectivity index is 1.18. The van der Waals surface area contributed by atoms with Crippen molar-refractivity contribution in [2.75, 3.05) is 13.1 Å². The summed E-state index contributed by atoms with van der Waals surface area (Å²) in [6.07, 6.45) is 5.51. The lowest BCUT2D eigenvalue weighted by Gasteiger charge is -2.44. The minimum atomic E-state index is -0.520. The number of benzene rings is 2. The predicted octanol–water partition coefficient (Wildman–Crippen LogP) is 4.95. The lowest BCUT2D eigenvalue weighted by Crippen LogP contribution is -2.52. The van der Waals surface area contributed by atoms with Gasteiger partial charge in [-0.05, 0) is 31.2 Å². The molecule has 0 unspecified atom stereocenters. The highest BCUT2D eigenvalue weighted by molar-refractivity contribution is 6.00. The van der Waals surface area contributed by atoms with Crippen LogP contribution >= 0.6 is 0 Å². The number of piperidine rings is 1. The van der Waals surface area contributed by atoms with Crippen molar-refractivity contribution in [2.45, 2.75) is 31.8 Å². The molecule has 2 aromatic carbocycles. The zero-order chi connectivity index (χ0) is 23.3. The van der Waals surface area contributed by atoms with Gasteiger partial charge in [0.25, 0.3) is 5.91 Å². The van der Waals surface area contributed by atoms with Gasteiger partial charge < -0.3 is 14.0 Å². The summed E-state index contributed by atoms with van der Waals surface area (Å²) in [4.78, 5) is 32.6. The number of pyridine rings is 1. The second kappa shape index (κ2) is 7.83. The fraction of sp³-hybridized carbons (Fsp3) is 0.250. The van der Waals surface area contributed by atoms with Crippen LogP contribution in [0.25, 0.3) is 16.9 Å². The topological polar surface area (TPSA) is 63.9 Å². The summed E-state index contributed by atoms with van der Waals surface area (Å²) in [5, 5.41) is 0. The molecule has 1 amide bonds. The maximum Gasteiger partial charge on any atom is 0.254 e. The van der Waals surface area contributed by atoms with Crippen molar-refractivity contribution in [3.05, 3.63) is 89.7 Å². The van der Waals surface area contributed by atoms with Gasteiger partial charge >= 0.3 is 0 Å². The van der Waals surface area contributed by atoms with Crippen molar-refractivity contribution in [3.8, 4) is 17.0 Å². The molecular formula is C28H25N3O3. The first kappa shape index (κ1) is 20.7. The first-order chi connectivity index (χ1) is 16.5. The zero-order valence-corrected chi connectivity index (χ0v) is 19.0. The molecule has 6 nitrogen and oxygen atoms in total. The second-order valence-electron chi connectivity index (χ2n) is 9.35. The van der Waals surface area contributed by atoms with E-state index in [2.05, 4.69) is 0 Å². The Morgan fingerprint density at radius 2 is 1.82 bits per heavy atom. The number of aryl methyl sites for hydroxylation is 1. The van der Waals surface area contributed by atoms with E-state index in [-0.39, 0.29) is 11.7 Å². The van der Waals surface area contributed by atoms with Crippen molar-refractivity contribution in [3.63, 3.8) is 0 Å². The molecule has 6 rings (SSSR count). The lowest BCUT2D eigenvalue weighted by atomic mass is 9.82. The minimum absolute atomic E-state index is 0.0141. The first-order valence-corrected chi connectivity index (χ1v) is 11.7. The van der Waals surface area contributed by atoms with E-state index >= 15 is 0 Å². The van der Waals surface area contributed by atoms with Gasteiger partial charge in [0, 0.05) is 49.5 Å². The van der Waals surface area contributed by atoms with E-state index in [1.807, 2.05) is 89.3 Å². The van der Waals surface area contributed by atoms with E-state index in [4.69, 9.17) is 9.72 Å². The highest BCUT2D eigenvalue weighted by Gasteiger charge is 2.43. The van der Waals surface area contributed by atoms with Crippen LogP contribution in [-0.4, -0.2) is 44.7 Å². The van der Waals surface area contributed by atoms with Crippen molar-refractivity contribution in [1.29, 1.82) is 0 Å². The van der Waals surface area contributed by atoms with Gasteiger partial charge in [-0.3, -0.25) is 9.59 Å². The summed E-state index contributed by atoms with van der Waals surface area (Å²) in [7, 11) is 0. The fourth-order valence-corrected chi connectivity index (χ4v) is 5.05. The van der Waals surface area contributed by atoms with Gasteiger partial charge in [-0.25, -0.2) is 4.98 Å². The number of carbonyl (C=O) groups is 2. The molecule has 0 atom stereocenters. The Morgan fingerprint density at radius 1 is 1.03 bits per heavy atom. The molecule has 0 N–H and O–H groups in total. The van der Waals surface area contributed by atoms with Gasteiger partial charge in [0.1, 0.15) is 17.0 Å². The number of fused-ring (bicyclic) bond motifs is 2. The summed E-state index contributed by atoms with van der Waals surface area (Å²) in [6, 6.07) is 19.5. The van der Waals surface area contributed by atoms with Crippen LogP contribution in [0.3, 0.4) is 0 Å². The highest BCUT2D eigenvalue weighted by atomic mass is 16.5. The van der Waals surface area contributed by atoms with Crippen LogP contribution in [0.1, 0.15) is 45.5 Å². The van der Waals surface area contributed by atoms with E-state index in [0.29, 0.717) is 49.2 Å². The van der Waals surface area contributed by atoms with E-state index in [1.165, 1.54) is 0 Å². The standard InChI is InChI=1S/C28H25N3O3/c1-19-7-8-25-22(15-19)24(32)17-28(34-25)10-13-30(14-11-28)27(33)21-9-12-31-18-23(29-26(31)16-21)20-5-3-2-4-6-20/h2-9,12,15-16,18H,10-11,13-14,17H2,1H3. The van der Waals surface area contributed by atoms with Crippen LogP contribution in [0.2, 0.25) is 0 Å². The Labute approximate surface area is 197 Å². The number of rotatable bonds is 2. The minimum Gasteiger partial charge on any atom is -0.486 e.